The van der Waals surface area contributed by atoms with E-state index in [1.807, 2.05) is 0 Å². The average Bonchev–Trinajstić information content (AvgIpc) is 0.998. The maximum absolute atomic E-state index is 2.38. The molecule has 0 aromatic heterocycles. The van der Waals surface area contributed by atoms with Gasteiger partial charge in [0.1, 0.15) is 0 Å². The molecule has 15 aromatic rings. The molecular weight excluding hydrogens is 1160 g/mol. The van der Waals surface area contributed by atoms with Gasteiger partial charge in [0.2, 0.25) is 0 Å². The Kier molecular flexibility index (Phi) is 16.2. The van der Waals surface area contributed by atoms with Crippen LogP contribution in [0.1, 0.15) is 12.8 Å². The van der Waals surface area contributed by atoms with E-state index in [-0.39, 0.29) is 0 Å². The summed E-state index contributed by atoms with van der Waals surface area (Å²) in [5, 5.41) is 4.92. The fourth-order valence-corrected chi connectivity index (χ4v) is 13.4. The third-order valence-corrected chi connectivity index (χ3v) is 18.4. The molecule has 1 aliphatic carbocycles. The monoisotopic (exact) mass is 1230 g/mol. The van der Waals surface area contributed by atoms with Crippen molar-refractivity contribution in [1.29, 1.82) is 0 Å². The lowest BCUT2D eigenvalue weighted by molar-refractivity contribution is 0.997. The lowest BCUT2D eigenvalue weighted by Crippen LogP contribution is -2.16. The molecule has 0 bridgehead atoms. The van der Waals surface area contributed by atoms with Crippen LogP contribution in [0, 0.1) is 0 Å². The van der Waals surface area contributed by atoms with E-state index in [2.05, 4.69) is 408 Å². The quantitative estimate of drug-likeness (QED) is 0.0901. The molecule has 4 nitrogen and oxygen atoms in total. The molecule has 0 amide bonds. The Morgan fingerprint density at radius 1 is 0.167 bits per heavy atom. The van der Waals surface area contributed by atoms with Gasteiger partial charge in [-0.1, -0.05) is 249 Å². The molecule has 0 unspecified atom stereocenters. The van der Waals surface area contributed by atoms with E-state index < -0.39 is 0 Å². The first-order chi connectivity index (χ1) is 47.6. The van der Waals surface area contributed by atoms with E-state index >= 15 is 0 Å². The van der Waals surface area contributed by atoms with Crippen molar-refractivity contribution in [1.82, 2.24) is 0 Å². The lowest BCUT2D eigenvalue weighted by Gasteiger charge is -2.28. The molecule has 0 heterocycles. The minimum absolute atomic E-state index is 1.04. The van der Waals surface area contributed by atoms with Gasteiger partial charge in [-0.15, -0.1) is 0 Å². The van der Waals surface area contributed by atoms with Gasteiger partial charge < -0.3 is 19.6 Å². The highest BCUT2D eigenvalue weighted by atomic mass is 15.2. The molecule has 0 atom stereocenters. The van der Waals surface area contributed by atoms with Crippen molar-refractivity contribution in [2.45, 2.75) is 12.8 Å². The standard InChI is InChI=1S/C92H68N4/c1-5-21-81(22-6-1)93(87-55-41-75(42-56-87)77-45-59-89(60-46-77)95(83-25-9-3-10-26-83)91-63-49-67-17-13-15-19-79(67)65-91)85-51-37-73(38-52-85)71-33-29-69(30-34-71)70-31-35-72(36-32-70)74-39-53-86(54-40-74)94(82-23-7-2-8-24-82)88-57-43-76(44-58-88)78-47-61-90(62-48-78)96(84-27-11-4-12-28-84)92-64-50-68-18-14-16-20-80(68)66-92/h1-3,5-11,13-66H,4,12H2. The number of rotatable bonds is 17. The van der Waals surface area contributed by atoms with Crippen molar-refractivity contribution in [3.8, 4) is 55.6 Å². The number of hydrogen-bond acceptors (Lipinski definition) is 4. The summed E-state index contributed by atoms with van der Waals surface area (Å²) >= 11 is 0. The fourth-order valence-electron chi connectivity index (χ4n) is 13.4. The molecular formula is C92H68N4. The van der Waals surface area contributed by atoms with Crippen LogP contribution >= 0.6 is 0 Å². The summed E-state index contributed by atoms with van der Waals surface area (Å²) in [7, 11) is 0. The molecule has 0 spiro atoms. The van der Waals surface area contributed by atoms with Crippen molar-refractivity contribution >= 4 is 84.1 Å². The van der Waals surface area contributed by atoms with Crippen LogP contribution in [-0.4, -0.2) is 0 Å². The highest BCUT2D eigenvalue weighted by Crippen LogP contribution is 2.43. The van der Waals surface area contributed by atoms with Gasteiger partial charge in [-0.3, -0.25) is 0 Å². The van der Waals surface area contributed by atoms with Crippen LogP contribution < -0.4 is 19.6 Å². The molecule has 15 aromatic carbocycles. The number of fused-ring (bicyclic) bond motifs is 2. The summed E-state index contributed by atoms with van der Waals surface area (Å²) in [6.45, 7) is 0. The zero-order valence-electron chi connectivity index (χ0n) is 53.2. The van der Waals surface area contributed by atoms with Gasteiger partial charge in [0.25, 0.3) is 0 Å². The van der Waals surface area contributed by atoms with Gasteiger partial charge in [0, 0.05) is 68.3 Å². The number of anilines is 11. The SMILES string of the molecule is C1=CC(N(c2ccc(-c3ccc(N(c4ccccc4)c4ccc(-c5ccc(-c6ccc(-c7ccc(N(c8ccccc8)c8ccc(-c9ccc(N(c%10ccccc%10)c%10ccc%11ccccc%11c%10)cc9)cc8)cc7)cc6)cc5)cc4)cc3)cc2)c2ccc3ccccc3c2)=CCC1. The molecule has 0 radical (unpaired) electrons. The highest BCUT2D eigenvalue weighted by molar-refractivity contribution is 5.91. The van der Waals surface area contributed by atoms with E-state index in [0.717, 1.165) is 92.1 Å². The largest absolute Gasteiger partial charge is 0.311 e. The third-order valence-electron chi connectivity index (χ3n) is 18.4. The van der Waals surface area contributed by atoms with Crippen molar-refractivity contribution in [3.05, 3.63) is 394 Å². The molecule has 0 fully saturated rings. The van der Waals surface area contributed by atoms with Gasteiger partial charge in [-0.25, -0.2) is 0 Å². The molecule has 0 aliphatic heterocycles. The van der Waals surface area contributed by atoms with E-state index in [1.54, 1.807) is 0 Å². The second-order valence-electron chi connectivity index (χ2n) is 24.5. The van der Waals surface area contributed by atoms with Gasteiger partial charge in [0.15, 0.2) is 0 Å². The van der Waals surface area contributed by atoms with Crippen molar-refractivity contribution in [2.75, 3.05) is 19.6 Å². The fraction of sp³-hybridized carbons (Fsp3) is 0.0217. The summed E-state index contributed by atoms with van der Waals surface area (Å²) in [6, 6.07) is 134. The molecule has 0 saturated carbocycles. The molecule has 1 aliphatic rings. The van der Waals surface area contributed by atoms with Gasteiger partial charge >= 0.3 is 0 Å². The Labute approximate surface area is 562 Å². The molecule has 96 heavy (non-hydrogen) atoms. The minimum Gasteiger partial charge on any atom is -0.311 e. The predicted octanol–water partition coefficient (Wildman–Crippen LogP) is 26.1. The van der Waals surface area contributed by atoms with E-state index in [0.29, 0.717) is 0 Å². The number of allylic oxidation sites excluding steroid dienone is 3. The van der Waals surface area contributed by atoms with Gasteiger partial charge in [0.05, 0.1) is 0 Å². The maximum Gasteiger partial charge on any atom is 0.0468 e. The molecule has 0 saturated heterocycles. The summed E-state index contributed by atoms with van der Waals surface area (Å²) in [5.41, 5.74) is 25.1. The Hall–Kier alpha value is -12.5. The van der Waals surface area contributed by atoms with Crippen LogP contribution in [0.2, 0.25) is 0 Å². The van der Waals surface area contributed by atoms with Crippen LogP contribution in [-0.2, 0) is 0 Å². The summed E-state index contributed by atoms with van der Waals surface area (Å²) < 4.78 is 0. The summed E-state index contributed by atoms with van der Waals surface area (Å²) in [4.78, 5) is 9.36. The Morgan fingerprint density at radius 2 is 0.385 bits per heavy atom. The zero-order valence-corrected chi connectivity index (χ0v) is 53.2. The van der Waals surface area contributed by atoms with Crippen LogP contribution in [0.4, 0.5) is 62.6 Å². The van der Waals surface area contributed by atoms with E-state index in [4.69, 9.17) is 0 Å². The lowest BCUT2D eigenvalue weighted by atomic mass is 9.97. The molecule has 4 heteroatoms. The van der Waals surface area contributed by atoms with Crippen LogP contribution in [0.5, 0.6) is 0 Å². The van der Waals surface area contributed by atoms with Crippen LogP contribution in [0.15, 0.2) is 394 Å². The van der Waals surface area contributed by atoms with Gasteiger partial charge in [-0.05, 0) is 230 Å². The number of hydrogen-bond donors (Lipinski definition) is 0. The summed E-state index contributed by atoms with van der Waals surface area (Å²) in [5.74, 6) is 0. The maximum atomic E-state index is 2.38. The number of para-hydroxylation sites is 3. The molecule has 0 N–H and O–H groups in total. The van der Waals surface area contributed by atoms with Crippen molar-refractivity contribution < 1.29 is 0 Å². The first-order valence-corrected chi connectivity index (χ1v) is 33.1. The topological polar surface area (TPSA) is 13.0 Å². The third kappa shape index (κ3) is 12.3. The Bertz CT molecular complexity index is 5210. The summed E-state index contributed by atoms with van der Waals surface area (Å²) in [6.07, 6.45) is 8.99. The van der Waals surface area contributed by atoms with Gasteiger partial charge in [-0.2, -0.15) is 0 Å². The normalized spacial score (nSPS) is 11.9. The molecule has 16 rings (SSSR count). The number of benzene rings is 15. The second-order valence-corrected chi connectivity index (χ2v) is 24.5. The van der Waals surface area contributed by atoms with Crippen molar-refractivity contribution in [3.63, 3.8) is 0 Å². The van der Waals surface area contributed by atoms with E-state index in [1.165, 1.54) is 66.2 Å². The number of nitrogens with zero attached hydrogens (tertiary/aromatic N) is 4. The average molecular weight is 1230 g/mol. The molecule has 456 valence electrons. The highest BCUT2D eigenvalue weighted by Gasteiger charge is 2.20. The van der Waals surface area contributed by atoms with E-state index in [9.17, 15) is 0 Å². The Balaban J connectivity index is 0.588. The first-order valence-electron chi connectivity index (χ1n) is 33.1. The predicted molar refractivity (Wildman–Crippen MR) is 408 cm³/mol. The zero-order chi connectivity index (χ0) is 64.0. The first kappa shape index (κ1) is 58.6. The second kappa shape index (κ2) is 26.6. The smallest absolute Gasteiger partial charge is 0.0468 e. The van der Waals surface area contributed by atoms with Crippen molar-refractivity contribution in [2.24, 2.45) is 0 Å². The van der Waals surface area contributed by atoms with Crippen LogP contribution in [0.25, 0.3) is 77.2 Å². The van der Waals surface area contributed by atoms with Crippen LogP contribution in [0.3, 0.4) is 0 Å². The Morgan fingerprint density at radius 3 is 0.667 bits per heavy atom. The minimum atomic E-state index is 1.04.